The van der Waals surface area contributed by atoms with E-state index in [-0.39, 0.29) is 0 Å². The van der Waals surface area contributed by atoms with E-state index in [1.807, 2.05) is 30.5 Å². The first-order valence-electron chi connectivity index (χ1n) is 5.31. The van der Waals surface area contributed by atoms with Crippen molar-refractivity contribution in [3.63, 3.8) is 0 Å². The Balaban J connectivity index is 1.99. The van der Waals surface area contributed by atoms with Crippen LogP contribution in [0.2, 0.25) is 0 Å². The van der Waals surface area contributed by atoms with E-state index in [4.69, 9.17) is 4.74 Å². The fourth-order valence-corrected chi connectivity index (χ4v) is 1.82. The number of hydrogen-bond acceptors (Lipinski definition) is 4. The third kappa shape index (κ3) is 3.49. The number of thioether (sulfide) groups is 1. The molecule has 0 saturated carbocycles. The number of hydrogen-bond donors (Lipinski definition) is 1. The molecule has 0 unspecified atom stereocenters. The SMILES string of the molecule is CSc1cccc(NC(=O)Oc2cccnc2)c1. The molecule has 5 heteroatoms. The number of rotatable bonds is 3. The lowest BCUT2D eigenvalue weighted by Crippen LogP contribution is -2.16. The normalized spacial score (nSPS) is 9.83. The number of carbonyl (C=O) groups is 1. The quantitative estimate of drug-likeness (QED) is 0.859. The van der Waals surface area contributed by atoms with E-state index in [0.29, 0.717) is 11.4 Å². The van der Waals surface area contributed by atoms with Crippen LogP contribution in [0, 0.1) is 0 Å². The molecule has 0 aliphatic heterocycles. The summed E-state index contributed by atoms with van der Waals surface area (Å²) in [6.07, 6.45) is 4.55. The summed E-state index contributed by atoms with van der Waals surface area (Å²) in [6, 6.07) is 10.9. The molecule has 0 spiro atoms. The predicted molar refractivity (Wildman–Crippen MR) is 72.1 cm³/mol. The van der Waals surface area contributed by atoms with Crippen molar-refractivity contribution in [1.29, 1.82) is 0 Å². The number of anilines is 1. The minimum Gasteiger partial charge on any atom is -0.408 e. The van der Waals surface area contributed by atoms with E-state index in [0.717, 1.165) is 4.90 Å². The fraction of sp³-hybridized carbons (Fsp3) is 0.0769. The maximum absolute atomic E-state index is 11.6. The van der Waals surface area contributed by atoms with Gasteiger partial charge in [-0.25, -0.2) is 4.79 Å². The van der Waals surface area contributed by atoms with Crippen LogP contribution in [-0.4, -0.2) is 17.3 Å². The van der Waals surface area contributed by atoms with Crippen LogP contribution in [0.3, 0.4) is 0 Å². The molecule has 18 heavy (non-hydrogen) atoms. The number of carbonyl (C=O) groups excluding carboxylic acids is 1. The summed E-state index contributed by atoms with van der Waals surface area (Å²) in [4.78, 5) is 16.6. The monoisotopic (exact) mass is 260 g/mol. The summed E-state index contributed by atoms with van der Waals surface area (Å²) >= 11 is 1.61. The lowest BCUT2D eigenvalue weighted by molar-refractivity contribution is 0.215. The van der Waals surface area contributed by atoms with Gasteiger partial charge in [-0.2, -0.15) is 0 Å². The molecule has 4 nitrogen and oxygen atoms in total. The van der Waals surface area contributed by atoms with Gasteiger partial charge in [-0.1, -0.05) is 6.07 Å². The first kappa shape index (κ1) is 12.4. The molecule has 0 bridgehead atoms. The Morgan fingerprint density at radius 3 is 2.94 bits per heavy atom. The van der Waals surface area contributed by atoms with Crippen molar-refractivity contribution >= 4 is 23.5 Å². The summed E-state index contributed by atoms with van der Waals surface area (Å²) in [6.45, 7) is 0. The molecule has 1 N–H and O–H groups in total. The molecule has 0 fully saturated rings. The van der Waals surface area contributed by atoms with E-state index in [9.17, 15) is 4.79 Å². The Bertz CT molecular complexity index is 532. The molecule has 0 radical (unpaired) electrons. The van der Waals surface area contributed by atoms with Gasteiger partial charge in [-0.05, 0) is 36.6 Å². The van der Waals surface area contributed by atoms with Crippen molar-refractivity contribution in [2.24, 2.45) is 0 Å². The van der Waals surface area contributed by atoms with Crippen molar-refractivity contribution in [1.82, 2.24) is 4.98 Å². The zero-order valence-corrected chi connectivity index (χ0v) is 10.6. The summed E-state index contributed by atoms with van der Waals surface area (Å²) in [5, 5.41) is 2.66. The van der Waals surface area contributed by atoms with Gasteiger partial charge in [0.15, 0.2) is 5.75 Å². The number of amides is 1. The maximum Gasteiger partial charge on any atom is 0.417 e. The van der Waals surface area contributed by atoms with Gasteiger partial charge in [-0.15, -0.1) is 11.8 Å². The van der Waals surface area contributed by atoms with Crippen molar-refractivity contribution < 1.29 is 9.53 Å². The van der Waals surface area contributed by atoms with Crippen molar-refractivity contribution in [2.45, 2.75) is 4.90 Å². The Labute approximate surface area is 109 Å². The lowest BCUT2D eigenvalue weighted by atomic mass is 10.3. The van der Waals surface area contributed by atoms with Crippen LogP contribution >= 0.6 is 11.8 Å². The second-order valence-electron chi connectivity index (χ2n) is 3.44. The minimum atomic E-state index is -0.527. The standard InChI is InChI=1S/C13H12N2O2S/c1-18-12-6-2-4-10(8-12)15-13(16)17-11-5-3-7-14-9-11/h2-9H,1H3,(H,15,16). The maximum atomic E-state index is 11.6. The molecule has 1 aromatic heterocycles. The first-order valence-corrected chi connectivity index (χ1v) is 6.53. The number of aromatic nitrogens is 1. The van der Waals surface area contributed by atoms with Crippen LogP contribution in [0.5, 0.6) is 5.75 Å². The zero-order chi connectivity index (χ0) is 12.8. The molecule has 0 aliphatic rings. The van der Waals surface area contributed by atoms with Crippen LogP contribution < -0.4 is 10.1 Å². The Morgan fingerprint density at radius 2 is 2.22 bits per heavy atom. The Hall–Kier alpha value is -2.01. The smallest absolute Gasteiger partial charge is 0.408 e. The largest absolute Gasteiger partial charge is 0.417 e. The number of pyridine rings is 1. The van der Waals surface area contributed by atoms with Gasteiger partial charge in [0.05, 0.1) is 6.20 Å². The highest BCUT2D eigenvalue weighted by atomic mass is 32.2. The van der Waals surface area contributed by atoms with Gasteiger partial charge < -0.3 is 4.74 Å². The molecule has 0 aliphatic carbocycles. The molecule has 1 heterocycles. The third-order valence-electron chi connectivity index (χ3n) is 2.16. The van der Waals surface area contributed by atoms with Gasteiger partial charge >= 0.3 is 6.09 Å². The molecule has 0 atom stereocenters. The van der Waals surface area contributed by atoms with Crippen LogP contribution in [0.1, 0.15) is 0 Å². The predicted octanol–water partition coefficient (Wildman–Crippen LogP) is 3.41. The first-order chi connectivity index (χ1) is 8.78. The van der Waals surface area contributed by atoms with Gasteiger partial charge in [0.1, 0.15) is 0 Å². The molecule has 1 aromatic carbocycles. The lowest BCUT2D eigenvalue weighted by Gasteiger charge is -2.07. The zero-order valence-electron chi connectivity index (χ0n) is 9.79. The van der Waals surface area contributed by atoms with Crippen molar-refractivity contribution in [2.75, 3.05) is 11.6 Å². The number of ether oxygens (including phenoxy) is 1. The van der Waals surface area contributed by atoms with Crippen molar-refractivity contribution in [3.8, 4) is 5.75 Å². The number of benzene rings is 1. The average molecular weight is 260 g/mol. The molecular formula is C13H12N2O2S. The van der Waals surface area contributed by atoms with Gasteiger partial charge in [0.2, 0.25) is 0 Å². The Morgan fingerprint density at radius 1 is 1.33 bits per heavy atom. The molecule has 2 rings (SSSR count). The van der Waals surface area contributed by atoms with Crippen LogP contribution in [-0.2, 0) is 0 Å². The van der Waals surface area contributed by atoms with E-state index in [1.165, 1.54) is 6.20 Å². The molecular weight excluding hydrogens is 248 g/mol. The number of nitrogens with one attached hydrogen (secondary N) is 1. The van der Waals surface area contributed by atoms with Crippen LogP contribution in [0.4, 0.5) is 10.5 Å². The second kappa shape index (κ2) is 6.07. The van der Waals surface area contributed by atoms with Gasteiger partial charge in [-0.3, -0.25) is 10.3 Å². The van der Waals surface area contributed by atoms with Gasteiger partial charge in [0, 0.05) is 16.8 Å². The third-order valence-corrected chi connectivity index (χ3v) is 2.89. The van der Waals surface area contributed by atoms with Crippen LogP contribution in [0.15, 0.2) is 53.7 Å². The summed E-state index contributed by atoms with van der Waals surface area (Å²) in [7, 11) is 0. The summed E-state index contributed by atoms with van der Waals surface area (Å²) < 4.78 is 5.07. The van der Waals surface area contributed by atoms with Crippen molar-refractivity contribution in [3.05, 3.63) is 48.8 Å². The highest BCUT2D eigenvalue weighted by molar-refractivity contribution is 7.98. The summed E-state index contributed by atoms with van der Waals surface area (Å²) in [5.74, 6) is 0.413. The average Bonchev–Trinajstić information content (AvgIpc) is 2.40. The minimum absolute atomic E-state index is 0.413. The molecule has 2 aromatic rings. The Kier molecular flexibility index (Phi) is 4.20. The summed E-state index contributed by atoms with van der Waals surface area (Å²) in [5.41, 5.74) is 0.704. The molecule has 0 saturated heterocycles. The van der Waals surface area contributed by atoms with E-state index in [2.05, 4.69) is 10.3 Å². The fourth-order valence-electron chi connectivity index (χ4n) is 1.36. The van der Waals surface area contributed by atoms with E-state index < -0.39 is 6.09 Å². The van der Waals surface area contributed by atoms with E-state index in [1.54, 1.807) is 30.1 Å². The molecule has 92 valence electrons. The highest BCUT2D eigenvalue weighted by Crippen LogP contribution is 2.19. The van der Waals surface area contributed by atoms with Gasteiger partial charge in [0.25, 0.3) is 0 Å². The highest BCUT2D eigenvalue weighted by Gasteiger charge is 2.05. The molecule has 1 amide bonds. The second-order valence-corrected chi connectivity index (χ2v) is 4.31. The number of nitrogens with zero attached hydrogens (tertiary/aromatic N) is 1. The van der Waals surface area contributed by atoms with E-state index >= 15 is 0 Å². The topological polar surface area (TPSA) is 51.2 Å². The van der Waals surface area contributed by atoms with Crippen LogP contribution in [0.25, 0.3) is 0 Å².